The Morgan fingerprint density at radius 2 is 1.95 bits per heavy atom. The number of methoxy groups -OCH3 is 1. The van der Waals surface area contributed by atoms with Crippen molar-refractivity contribution in [3.8, 4) is 5.75 Å². The summed E-state index contributed by atoms with van der Waals surface area (Å²) in [6.45, 7) is 3.63. The van der Waals surface area contributed by atoms with Crippen molar-refractivity contribution < 1.29 is 14.6 Å². The Labute approximate surface area is 119 Å². The molecule has 0 fully saturated rings. The summed E-state index contributed by atoms with van der Waals surface area (Å²) in [7, 11) is 1.59. The number of amides is 1. The largest absolute Gasteiger partial charge is 0.497 e. The maximum atomic E-state index is 11.6. The van der Waals surface area contributed by atoms with Crippen molar-refractivity contribution >= 4 is 5.91 Å². The third kappa shape index (κ3) is 4.90. The zero-order chi connectivity index (χ0) is 15.0. The molecular weight excluding hydrogens is 254 g/mol. The van der Waals surface area contributed by atoms with E-state index in [9.17, 15) is 9.90 Å². The van der Waals surface area contributed by atoms with Gasteiger partial charge < -0.3 is 15.2 Å². The summed E-state index contributed by atoms with van der Waals surface area (Å²) in [4.78, 5) is 11.6. The number of aliphatic hydroxyl groups is 1. The van der Waals surface area contributed by atoms with E-state index in [4.69, 9.17) is 4.74 Å². The standard InChI is InChI=1S/C16H21NO3/c1-4-5-6-7-15(18)17-12(2)16(19)13-8-10-14(20-3)11-9-13/h4-12,16,19H,1-3H3,(H,17,18)/b5-4?,7-6+. The second-order valence-electron chi connectivity index (χ2n) is 4.40. The smallest absolute Gasteiger partial charge is 0.244 e. The number of ether oxygens (including phenoxy) is 1. The fourth-order valence-electron chi connectivity index (χ4n) is 1.70. The molecule has 2 unspecified atom stereocenters. The van der Waals surface area contributed by atoms with E-state index in [1.807, 2.05) is 13.0 Å². The van der Waals surface area contributed by atoms with Gasteiger partial charge in [0.15, 0.2) is 0 Å². The van der Waals surface area contributed by atoms with Crippen LogP contribution in [0.4, 0.5) is 0 Å². The number of nitrogens with one attached hydrogen (secondary N) is 1. The van der Waals surface area contributed by atoms with Gasteiger partial charge in [-0.2, -0.15) is 0 Å². The van der Waals surface area contributed by atoms with Crippen LogP contribution in [0.25, 0.3) is 0 Å². The van der Waals surface area contributed by atoms with Gasteiger partial charge in [-0.15, -0.1) is 0 Å². The summed E-state index contributed by atoms with van der Waals surface area (Å²) in [6.07, 6.45) is 5.92. The van der Waals surface area contributed by atoms with Gasteiger partial charge in [0.2, 0.25) is 5.91 Å². The van der Waals surface area contributed by atoms with Gasteiger partial charge in [0.25, 0.3) is 0 Å². The van der Waals surface area contributed by atoms with Gasteiger partial charge in [-0.25, -0.2) is 0 Å². The Balaban J connectivity index is 2.61. The lowest BCUT2D eigenvalue weighted by Gasteiger charge is -2.20. The summed E-state index contributed by atoms with van der Waals surface area (Å²) < 4.78 is 5.06. The minimum atomic E-state index is -0.764. The van der Waals surface area contributed by atoms with Crippen LogP contribution in [-0.2, 0) is 4.79 Å². The lowest BCUT2D eigenvalue weighted by Crippen LogP contribution is -2.36. The number of carbonyl (C=O) groups excluding carboxylic acids is 1. The Morgan fingerprint density at radius 3 is 2.50 bits per heavy atom. The lowest BCUT2D eigenvalue weighted by atomic mass is 10.0. The third-order valence-electron chi connectivity index (χ3n) is 2.85. The average molecular weight is 275 g/mol. The average Bonchev–Trinajstić information content (AvgIpc) is 2.46. The van der Waals surface area contributed by atoms with Crippen molar-refractivity contribution in [2.45, 2.75) is 26.0 Å². The summed E-state index contributed by atoms with van der Waals surface area (Å²) in [5.41, 5.74) is 0.732. The first-order valence-electron chi connectivity index (χ1n) is 6.50. The first kappa shape index (κ1) is 16.0. The van der Waals surface area contributed by atoms with Gasteiger partial charge >= 0.3 is 0 Å². The van der Waals surface area contributed by atoms with Gasteiger partial charge in [0, 0.05) is 6.08 Å². The topological polar surface area (TPSA) is 58.6 Å². The van der Waals surface area contributed by atoms with Crippen molar-refractivity contribution in [1.29, 1.82) is 0 Å². The zero-order valence-corrected chi connectivity index (χ0v) is 12.0. The minimum Gasteiger partial charge on any atom is -0.497 e. The highest BCUT2D eigenvalue weighted by Gasteiger charge is 2.17. The molecule has 108 valence electrons. The van der Waals surface area contributed by atoms with Gasteiger partial charge in [0.1, 0.15) is 5.75 Å². The van der Waals surface area contributed by atoms with Crippen LogP contribution in [0.15, 0.2) is 48.6 Å². The van der Waals surface area contributed by atoms with E-state index < -0.39 is 6.10 Å². The van der Waals surface area contributed by atoms with Crippen molar-refractivity contribution in [3.63, 3.8) is 0 Å². The number of benzene rings is 1. The van der Waals surface area contributed by atoms with Crippen LogP contribution in [0.5, 0.6) is 5.75 Å². The number of allylic oxidation sites excluding steroid dienone is 3. The molecule has 0 radical (unpaired) electrons. The first-order valence-corrected chi connectivity index (χ1v) is 6.50. The second kappa shape index (κ2) is 8.17. The Kier molecular flexibility index (Phi) is 6.53. The third-order valence-corrected chi connectivity index (χ3v) is 2.85. The van der Waals surface area contributed by atoms with E-state index in [-0.39, 0.29) is 11.9 Å². The van der Waals surface area contributed by atoms with Gasteiger partial charge in [-0.05, 0) is 31.5 Å². The molecule has 1 aromatic rings. The van der Waals surface area contributed by atoms with E-state index in [1.165, 1.54) is 6.08 Å². The van der Waals surface area contributed by atoms with E-state index in [0.29, 0.717) is 0 Å². The number of carbonyl (C=O) groups is 1. The highest BCUT2D eigenvalue weighted by Crippen LogP contribution is 2.20. The summed E-state index contributed by atoms with van der Waals surface area (Å²) in [5, 5.41) is 12.9. The van der Waals surface area contributed by atoms with Crippen molar-refractivity contribution in [2.75, 3.05) is 7.11 Å². The predicted octanol–water partition coefficient (Wildman–Crippen LogP) is 2.37. The molecule has 2 N–H and O–H groups in total. The number of hydrogen-bond donors (Lipinski definition) is 2. The molecule has 1 aromatic carbocycles. The normalized spacial score (nSPS) is 14.4. The van der Waals surface area contributed by atoms with Gasteiger partial charge in [-0.3, -0.25) is 4.79 Å². The molecule has 0 heterocycles. The zero-order valence-electron chi connectivity index (χ0n) is 12.0. The Hall–Kier alpha value is -2.07. The molecule has 0 aliphatic heterocycles. The molecule has 1 amide bonds. The van der Waals surface area contributed by atoms with Crippen LogP contribution in [-0.4, -0.2) is 24.2 Å². The molecule has 0 bridgehead atoms. The summed E-state index contributed by atoms with van der Waals surface area (Å²) in [5.74, 6) is 0.495. The molecular formula is C16H21NO3. The Bertz CT molecular complexity index is 477. The van der Waals surface area contributed by atoms with E-state index in [1.54, 1.807) is 50.5 Å². The molecule has 0 saturated carbocycles. The highest BCUT2D eigenvalue weighted by atomic mass is 16.5. The summed E-state index contributed by atoms with van der Waals surface area (Å²) in [6, 6.07) is 6.73. The maximum absolute atomic E-state index is 11.6. The fraction of sp³-hybridized carbons (Fsp3) is 0.312. The first-order chi connectivity index (χ1) is 9.58. The van der Waals surface area contributed by atoms with Crippen LogP contribution in [0, 0.1) is 0 Å². The van der Waals surface area contributed by atoms with Crippen molar-refractivity contribution in [3.05, 3.63) is 54.1 Å². The van der Waals surface area contributed by atoms with Crippen LogP contribution in [0.1, 0.15) is 25.5 Å². The maximum Gasteiger partial charge on any atom is 0.244 e. The summed E-state index contributed by atoms with van der Waals surface area (Å²) >= 11 is 0. The Morgan fingerprint density at radius 1 is 1.30 bits per heavy atom. The molecule has 0 aromatic heterocycles. The van der Waals surface area contributed by atoms with Crippen LogP contribution in [0.3, 0.4) is 0 Å². The molecule has 0 saturated heterocycles. The minimum absolute atomic E-state index is 0.233. The van der Waals surface area contributed by atoms with Crippen molar-refractivity contribution in [1.82, 2.24) is 5.32 Å². The highest BCUT2D eigenvalue weighted by molar-refractivity contribution is 5.88. The molecule has 0 spiro atoms. The van der Waals surface area contributed by atoms with Crippen molar-refractivity contribution in [2.24, 2.45) is 0 Å². The monoisotopic (exact) mass is 275 g/mol. The molecule has 20 heavy (non-hydrogen) atoms. The van der Waals surface area contributed by atoms with E-state index >= 15 is 0 Å². The van der Waals surface area contributed by atoms with Crippen LogP contribution in [0.2, 0.25) is 0 Å². The fourth-order valence-corrected chi connectivity index (χ4v) is 1.70. The number of hydrogen-bond acceptors (Lipinski definition) is 3. The quantitative estimate of drug-likeness (QED) is 0.619. The lowest BCUT2D eigenvalue weighted by molar-refractivity contribution is -0.117. The van der Waals surface area contributed by atoms with Crippen LogP contribution < -0.4 is 10.1 Å². The molecule has 0 aliphatic rings. The van der Waals surface area contributed by atoms with Gasteiger partial charge in [0.05, 0.1) is 19.3 Å². The van der Waals surface area contributed by atoms with Crippen LogP contribution >= 0.6 is 0 Å². The molecule has 4 nitrogen and oxygen atoms in total. The predicted molar refractivity (Wildman–Crippen MR) is 79.5 cm³/mol. The SMILES string of the molecule is CC=C/C=C/C(=O)NC(C)C(O)c1ccc(OC)cc1. The van der Waals surface area contributed by atoms with Gasteiger partial charge in [-0.1, -0.05) is 30.4 Å². The van der Waals surface area contributed by atoms with E-state index in [2.05, 4.69) is 5.32 Å². The second-order valence-corrected chi connectivity index (χ2v) is 4.40. The number of aliphatic hydroxyl groups excluding tert-OH is 1. The molecule has 1 rings (SSSR count). The number of rotatable bonds is 6. The molecule has 0 aliphatic carbocycles. The van der Waals surface area contributed by atoms with E-state index in [0.717, 1.165) is 11.3 Å². The molecule has 2 atom stereocenters. The molecule has 4 heteroatoms.